The molecule has 1 atom stereocenters. The third-order valence-electron chi connectivity index (χ3n) is 6.40. The Balaban J connectivity index is 1.28. The fourth-order valence-electron chi connectivity index (χ4n) is 4.63. The molecule has 0 radical (unpaired) electrons. The minimum absolute atomic E-state index is 0.116. The zero-order chi connectivity index (χ0) is 24.0. The van der Waals surface area contributed by atoms with Crippen LogP contribution >= 0.6 is 11.6 Å². The summed E-state index contributed by atoms with van der Waals surface area (Å²) in [5.41, 5.74) is 8.37. The topological polar surface area (TPSA) is 111 Å². The Kier molecular flexibility index (Phi) is 5.51. The third kappa shape index (κ3) is 3.89. The molecule has 2 amide bonds. The minimum atomic E-state index is -3.00. The number of nitrogens with two attached hydrogens (primary N) is 1. The normalized spacial score (nSPS) is 16.9. The highest BCUT2D eigenvalue weighted by Gasteiger charge is 2.51. The van der Waals surface area contributed by atoms with E-state index in [0.29, 0.717) is 35.9 Å². The van der Waals surface area contributed by atoms with E-state index >= 15 is 0 Å². The van der Waals surface area contributed by atoms with Crippen molar-refractivity contribution in [2.45, 2.75) is 38.0 Å². The second-order valence-corrected chi connectivity index (χ2v) is 8.99. The van der Waals surface area contributed by atoms with Crippen molar-refractivity contribution in [3.8, 4) is 17.0 Å². The van der Waals surface area contributed by atoms with Gasteiger partial charge in [0.15, 0.2) is 11.6 Å². The van der Waals surface area contributed by atoms with Crippen LogP contribution in [-0.2, 0) is 12.0 Å². The second-order valence-electron chi connectivity index (χ2n) is 8.58. The van der Waals surface area contributed by atoms with Crippen molar-refractivity contribution in [2.24, 2.45) is 0 Å². The molecule has 1 saturated heterocycles. The van der Waals surface area contributed by atoms with E-state index in [-0.39, 0.29) is 29.1 Å². The number of amides is 2. The van der Waals surface area contributed by atoms with Crippen LogP contribution in [0.15, 0.2) is 36.8 Å². The summed E-state index contributed by atoms with van der Waals surface area (Å²) in [7, 11) is 0. The van der Waals surface area contributed by atoms with Crippen LogP contribution < -0.4 is 15.8 Å². The number of urea groups is 1. The van der Waals surface area contributed by atoms with Crippen molar-refractivity contribution >= 4 is 23.4 Å². The second kappa shape index (κ2) is 8.39. The van der Waals surface area contributed by atoms with Gasteiger partial charge in [-0.25, -0.2) is 9.78 Å². The molecule has 1 fully saturated rings. The predicted octanol–water partition coefficient (Wildman–Crippen LogP) is 3.61. The maximum Gasteiger partial charge on any atom is 0.387 e. The summed E-state index contributed by atoms with van der Waals surface area (Å²) in [6.07, 6.45) is 5.53. The van der Waals surface area contributed by atoms with Crippen molar-refractivity contribution in [3.05, 3.63) is 53.1 Å². The van der Waals surface area contributed by atoms with Crippen LogP contribution in [0.5, 0.6) is 5.75 Å². The van der Waals surface area contributed by atoms with Crippen molar-refractivity contribution in [2.75, 3.05) is 18.8 Å². The van der Waals surface area contributed by atoms with Gasteiger partial charge in [0.1, 0.15) is 0 Å². The third-order valence-corrected chi connectivity index (χ3v) is 6.72. The number of alkyl halides is 2. The van der Waals surface area contributed by atoms with Gasteiger partial charge in [-0.1, -0.05) is 11.6 Å². The number of pyridine rings is 2. The Hall–Kier alpha value is -3.47. The van der Waals surface area contributed by atoms with Gasteiger partial charge in [0.05, 0.1) is 16.8 Å². The Morgan fingerprint density at radius 1 is 1.32 bits per heavy atom. The molecule has 178 valence electrons. The lowest BCUT2D eigenvalue weighted by Gasteiger charge is -2.47. The summed E-state index contributed by atoms with van der Waals surface area (Å²) in [5.74, 6) is -0.305. The van der Waals surface area contributed by atoms with Crippen molar-refractivity contribution in [1.29, 1.82) is 0 Å². The quantitative estimate of drug-likeness (QED) is 0.566. The van der Waals surface area contributed by atoms with Gasteiger partial charge >= 0.3 is 12.6 Å². The first kappa shape index (κ1) is 22.3. The van der Waals surface area contributed by atoms with Crippen LogP contribution in [0.3, 0.4) is 0 Å². The molecule has 9 nitrogen and oxygen atoms in total. The molecule has 3 aromatic heterocycles. The number of aromatic nitrogens is 4. The van der Waals surface area contributed by atoms with E-state index in [1.165, 1.54) is 12.3 Å². The number of nitrogen functional groups attached to an aromatic ring is 1. The average Bonchev–Trinajstić information content (AvgIpc) is 3.33. The number of rotatable bonds is 5. The van der Waals surface area contributed by atoms with Crippen molar-refractivity contribution in [1.82, 2.24) is 30.0 Å². The molecule has 3 aromatic rings. The molecule has 0 saturated carbocycles. The highest BCUT2D eigenvalue weighted by atomic mass is 35.5. The summed E-state index contributed by atoms with van der Waals surface area (Å²) in [6.45, 7) is 0.689. The first-order valence-corrected chi connectivity index (χ1v) is 11.1. The molecular weight excluding hydrogens is 468 g/mol. The molecule has 1 spiro atoms. The van der Waals surface area contributed by atoms with Crippen LogP contribution in [0.2, 0.25) is 5.02 Å². The van der Waals surface area contributed by atoms with Crippen LogP contribution in [0, 0.1) is 0 Å². The summed E-state index contributed by atoms with van der Waals surface area (Å²) < 4.78 is 31.6. The number of ether oxygens (including phenoxy) is 1. The number of hydrogen-bond acceptors (Lipinski definition) is 6. The zero-order valence-corrected chi connectivity index (χ0v) is 19.0. The average molecular weight is 490 g/mol. The number of aryl methyl sites for hydroxylation is 1. The molecule has 1 unspecified atom stereocenters. The number of likely N-dealkylation sites (tertiary alicyclic amines) is 1. The lowest BCUT2D eigenvalue weighted by Crippen LogP contribution is -2.62. The Labute approximate surface area is 198 Å². The summed E-state index contributed by atoms with van der Waals surface area (Å²) in [6, 6.07) is 4.68. The largest absolute Gasteiger partial charge is 0.431 e. The smallest absolute Gasteiger partial charge is 0.387 e. The Morgan fingerprint density at radius 3 is 2.85 bits per heavy atom. The number of carbonyl (C=O) groups excluding carboxylic acids is 1. The summed E-state index contributed by atoms with van der Waals surface area (Å²) in [5, 5.41) is 8.10. The fourth-order valence-corrected chi connectivity index (χ4v) is 4.91. The Bertz CT molecular complexity index is 1250. The first-order valence-electron chi connectivity index (χ1n) is 10.7. The van der Waals surface area contributed by atoms with Gasteiger partial charge in [0.25, 0.3) is 0 Å². The molecule has 2 aliphatic heterocycles. The van der Waals surface area contributed by atoms with Gasteiger partial charge in [-0.3, -0.25) is 9.67 Å². The molecule has 0 aromatic carbocycles. The van der Waals surface area contributed by atoms with E-state index in [4.69, 9.17) is 17.3 Å². The standard InChI is InChI=1S/C22H22ClF2N7O2/c1-12(14-2-4-27-9-15(14)23)29-21(33)31-10-22(11-31)3-5-32-18(22)7-16(30-32)13-6-17(34-20(24)25)19(26)28-8-13/h2,4,6-9,12,20H,3,5,10-11H2,1H3,(H2,26,28)(H,29,33). The van der Waals surface area contributed by atoms with Gasteiger partial charge in [-0.2, -0.15) is 13.9 Å². The number of nitrogens with one attached hydrogen (secondary N) is 1. The van der Waals surface area contributed by atoms with E-state index in [9.17, 15) is 13.6 Å². The molecule has 5 rings (SSSR count). The number of fused-ring (bicyclic) bond motifs is 2. The van der Waals surface area contributed by atoms with E-state index in [1.54, 1.807) is 23.4 Å². The van der Waals surface area contributed by atoms with Crippen LogP contribution in [0.4, 0.5) is 19.4 Å². The van der Waals surface area contributed by atoms with Gasteiger partial charge in [-0.15, -0.1) is 0 Å². The lowest BCUT2D eigenvalue weighted by atomic mass is 9.76. The van der Waals surface area contributed by atoms with Gasteiger partial charge in [-0.05, 0) is 37.1 Å². The van der Waals surface area contributed by atoms with Gasteiger partial charge in [0.2, 0.25) is 0 Å². The van der Waals surface area contributed by atoms with Crippen molar-refractivity contribution < 1.29 is 18.3 Å². The molecule has 12 heteroatoms. The first-order chi connectivity index (χ1) is 16.3. The van der Waals surface area contributed by atoms with E-state index in [0.717, 1.165) is 17.7 Å². The zero-order valence-electron chi connectivity index (χ0n) is 18.2. The molecule has 3 N–H and O–H groups in total. The summed E-state index contributed by atoms with van der Waals surface area (Å²) in [4.78, 5) is 22.5. The van der Waals surface area contributed by atoms with Gasteiger partial charge in [0, 0.05) is 54.9 Å². The monoisotopic (exact) mass is 489 g/mol. The SMILES string of the molecule is CC(NC(=O)N1CC2(CCn3nc(-c4cnc(N)c(OC(F)F)c4)cc32)C1)c1ccncc1Cl. The number of hydrogen-bond donors (Lipinski definition) is 2. The molecular formula is C22H22ClF2N7O2. The van der Waals surface area contributed by atoms with E-state index in [2.05, 4.69) is 25.1 Å². The van der Waals surface area contributed by atoms with Gasteiger partial charge < -0.3 is 20.7 Å². The molecule has 0 bridgehead atoms. The fraction of sp³-hybridized carbons (Fsp3) is 0.364. The Morgan fingerprint density at radius 2 is 2.12 bits per heavy atom. The maximum atomic E-state index is 12.8. The number of nitrogens with zero attached hydrogens (tertiary/aromatic N) is 5. The van der Waals surface area contributed by atoms with Crippen LogP contribution in [0.1, 0.15) is 30.6 Å². The number of anilines is 1. The molecule has 0 aliphatic carbocycles. The van der Waals surface area contributed by atoms with E-state index in [1.807, 2.05) is 17.7 Å². The number of carbonyl (C=O) groups is 1. The lowest BCUT2D eigenvalue weighted by molar-refractivity contribution is -0.0494. The van der Waals surface area contributed by atoms with E-state index < -0.39 is 6.61 Å². The predicted molar refractivity (Wildman–Crippen MR) is 121 cm³/mol. The van der Waals surface area contributed by atoms with Crippen molar-refractivity contribution in [3.63, 3.8) is 0 Å². The molecule has 5 heterocycles. The summed E-state index contributed by atoms with van der Waals surface area (Å²) >= 11 is 6.19. The van der Waals surface area contributed by atoms with Crippen LogP contribution in [0.25, 0.3) is 11.3 Å². The molecule has 34 heavy (non-hydrogen) atoms. The number of halogens is 3. The highest BCUT2D eigenvalue weighted by molar-refractivity contribution is 6.31. The molecule has 2 aliphatic rings. The maximum absolute atomic E-state index is 12.8. The van der Waals surface area contributed by atoms with Crippen LogP contribution in [-0.4, -0.2) is 50.4 Å². The minimum Gasteiger partial charge on any atom is -0.431 e. The highest BCUT2D eigenvalue weighted by Crippen LogP contribution is 2.44.